The Balaban J connectivity index is 1.57. The Bertz CT molecular complexity index is 600. The number of hydrogen-bond acceptors (Lipinski definition) is 5. The van der Waals surface area contributed by atoms with Crippen LogP contribution in [0.5, 0.6) is 11.5 Å². The van der Waals surface area contributed by atoms with E-state index in [9.17, 15) is 4.79 Å². The summed E-state index contributed by atoms with van der Waals surface area (Å²) in [6.45, 7) is 10.7. The van der Waals surface area contributed by atoms with Crippen LogP contribution in [0.4, 0.5) is 0 Å². The van der Waals surface area contributed by atoms with Gasteiger partial charge in [-0.1, -0.05) is 13.0 Å². The van der Waals surface area contributed by atoms with Gasteiger partial charge in [-0.2, -0.15) is 0 Å². The molecule has 1 amide bonds. The predicted octanol–water partition coefficient (Wildman–Crippen LogP) is 1.44. The second-order valence-corrected chi connectivity index (χ2v) is 6.83. The summed E-state index contributed by atoms with van der Waals surface area (Å²) >= 11 is 0. The number of benzene rings is 1. The zero-order valence-corrected chi connectivity index (χ0v) is 15.5. The fourth-order valence-electron chi connectivity index (χ4n) is 3.35. The number of carbonyl (C=O) groups is 1. The van der Waals surface area contributed by atoms with Crippen molar-refractivity contribution in [1.82, 2.24) is 14.7 Å². The normalized spacial score (nSPS) is 19.1. The van der Waals surface area contributed by atoms with Gasteiger partial charge in [0.25, 0.3) is 0 Å². The summed E-state index contributed by atoms with van der Waals surface area (Å²) in [5, 5.41) is 0. The van der Waals surface area contributed by atoms with E-state index in [1.54, 1.807) is 0 Å². The van der Waals surface area contributed by atoms with Crippen LogP contribution in [0.15, 0.2) is 18.2 Å². The molecule has 0 spiro atoms. The first-order valence-electron chi connectivity index (χ1n) is 9.18. The minimum Gasteiger partial charge on any atom is -0.486 e. The average Bonchev–Trinajstić information content (AvgIpc) is 2.66. The van der Waals surface area contributed by atoms with E-state index in [-0.39, 0.29) is 11.9 Å². The minimum atomic E-state index is -0.138. The maximum Gasteiger partial charge on any atom is 0.239 e. The first-order valence-corrected chi connectivity index (χ1v) is 9.18. The van der Waals surface area contributed by atoms with E-state index in [0.29, 0.717) is 19.8 Å². The summed E-state index contributed by atoms with van der Waals surface area (Å²) in [6.07, 6.45) is 0. The van der Waals surface area contributed by atoms with E-state index in [1.165, 1.54) is 0 Å². The number of likely N-dealkylation sites (N-methyl/N-ethyl adjacent to an activating group) is 2. The highest BCUT2D eigenvalue weighted by Crippen LogP contribution is 2.31. The summed E-state index contributed by atoms with van der Waals surface area (Å²) in [5.41, 5.74) is 1.13. The third kappa shape index (κ3) is 4.25. The van der Waals surface area contributed by atoms with Gasteiger partial charge in [-0.25, -0.2) is 0 Å². The van der Waals surface area contributed by atoms with Gasteiger partial charge < -0.3 is 19.3 Å². The molecule has 25 heavy (non-hydrogen) atoms. The van der Waals surface area contributed by atoms with Crippen LogP contribution in [0.3, 0.4) is 0 Å². The average molecular weight is 347 g/mol. The Hall–Kier alpha value is -1.79. The highest BCUT2D eigenvalue weighted by Gasteiger charge is 2.27. The molecule has 138 valence electrons. The smallest absolute Gasteiger partial charge is 0.239 e. The van der Waals surface area contributed by atoms with E-state index in [2.05, 4.69) is 16.7 Å². The Morgan fingerprint density at radius 2 is 1.84 bits per heavy atom. The van der Waals surface area contributed by atoms with E-state index in [0.717, 1.165) is 49.8 Å². The van der Waals surface area contributed by atoms with Gasteiger partial charge in [0.15, 0.2) is 11.5 Å². The molecule has 1 fully saturated rings. The van der Waals surface area contributed by atoms with Crippen LogP contribution in [0.25, 0.3) is 0 Å². The zero-order chi connectivity index (χ0) is 17.8. The quantitative estimate of drug-likeness (QED) is 0.807. The van der Waals surface area contributed by atoms with E-state index >= 15 is 0 Å². The molecule has 0 bridgehead atoms. The number of fused-ring (bicyclic) bond motifs is 1. The van der Waals surface area contributed by atoms with Gasteiger partial charge in [0.2, 0.25) is 5.91 Å². The molecule has 1 atom stereocenters. The highest BCUT2D eigenvalue weighted by atomic mass is 16.6. The lowest BCUT2D eigenvalue weighted by atomic mass is 10.1. The lowest BCUT2D eigenvalue weighted by Crippen LogP contribution is -2.53. The van der Waals surface area contributed by atoms with Gasteiger partial charge in [0.05, 0.1) is 6.04 Å². The van der Waals surface area contributed by atoms with Crippen molar-refractivity contribution in [3.63, 3.8) is 0 Å². The van der Waals surface area contributed by atoms with Crippen LogP contribution in [0.2, 0.25) is 0 Å². The monoisotopic (exact) mass is 347 g/mol. The molecule has 1 unspecified atom stereocenters. The Morgan fingerprint density at radius 3 is 2.52 bits per heavy atom. The van der Waals surface area contributed by atoms with Gasteiger partial charge >= 0.3 is 0 Å². The third-order valence-electron chi connectivity index (χ3n) is 5.19. The van der Waals surface area contributed by atoms with Crippen LogP contribution in [-0.4, -0.2) is 79.6 Å². The molecule has 1 saturated heterocycles. The number of ether oxygens (including phenoxy) is 2. The molecular formula is C19H29N3O3. The molecule has 0 radical (unpaired) electrons. The summed E-state index contributed by atoms with van der Waals surface area (Å²) in [4.78, 5) is 19.3. The van der Waals surface area contributed by atoms with E-state index < -0.39 is 0 Å². The molecule has 0 aromatic heterocycles. The molecule has 1 aromatic rings. The summed E-state index contributed by atoms with van der Waals surface area (Å²) in [7, 11) is 2.00. The maximum absolute atomic E-state index is 12.8. The Kier molecular flexibility index (Phi) is 5.81. The number of rotatable bonds is 5. The fraction of sp³-hybridized carbons (Fsp3) is 0.632. The standard InChI is InChI=1S/C19H29N3O3/c1-4-21-7-9-22(10-8-21)19(23)15(2)20(3)14-16-5-6-17-18(13-16)25-12-11-24-17/h5-6,13,15H,4,7-12,14H2,1-3H3. The van der Waals surface area contributed by atoms with Crippen LogP contribution in [-0.2, 0) is 11.3 Å². The van der Waals surface area contributed by atoms with Crippen molar-refractivity contribution in [3.8, 4) is 11.5 Å². The second-order valence-electron chi connectivity index (χ2n) is 6.83. The van der Waals surface area contributed by atoms with Crippen molar-refractivity contribution in [2.75, 3.05) is 53.0 Å². The lowest BCUT2D eigenvalue weighted by Gasteiger charge is -2.37. The first kappa shape index (κ1) is 18.0. The van der Waals surface area contributed by atoms with Gasteiger partial charge in [0.1, 0.15) is 13.2 Å². The van der Waals surface area contributed by atoms with Gasteiger partial charge in [-0.15, -0.1) is 0 Å². The number of hydrogen-bond donors (Lipinski definition) is 0. The Morgan fingerprint density at radius 1 is 1.16 bits per heavy atom. The largest absolute Gasteiger partial charge is 0.486 e. The first-order chi connectivity index (χ1) is 12.1. The number of amides is 1. The fourth-order valence-corrected chi connectivity index (χ4v) is 3.35. The summed E-state index contributed by atoms with van der Waals surface area (Å²) in [6, 6.07) is 5.87. The molecular weight excluding hydrogens is 318 g/mol. The highest BCUT2D eigenvalue weighted by molar-refractivity contribution is 5.81. The van der Waals surface area contributed by atoms with Crippen molar-refractivity contribution >= 4 is 5.91 Å². The molecule has 2 aliphatic heterocycles. The zero-order valence-electron chi connectivity index (χ0n) is 15.5. The van der Waals surface area contributed by atoms with Crippen molar-refractivity contribution in [3.05, 3.63) is 23.8 Å². The summed E-state index contributed by atoms with van der Waals surface area (Å²) in [5.74, 6) is 1.82. The van der Waals surface area contributed by atoms with Crippen LogP contribution in [0, 0.1) is 0 Å². The molecule has 2 heterocycles. The third-order valence-corrected chi connectivity index (χ3v) is 5.19. The molecule has 6 nitrogen and oxygen atoms in total. The van der Waals surface area contributed by atoms with Gasteiger partial charge in [-0.3, -0.25) is 9.69 Å². The predicted molar refractivity (Wildman–Crippen MR) is 97.1 cm³/mol. The molecule has 6 heteroatoms. The number of carbonyl (C=O) groups excluding carboxylic acids is 1. The topological polar surface area (TPSA) is 45.2 Å². The van der Waals surface area contributed by atoms with Crippen molar-refractivity contribution in [2.45, 2.75) is 26.4 Å². The minimum absolute atomic E-state index is 0.138. The van der Waals surface area contributed by atoms with E-state index in [1.807, 2.05) is 37.1 Å². The molecule has 3 rings (SSSR count). The number of nitrogens with zero attached hydrogens (tertiary/aromatic N) is 3. The Labute approximate surface area is 150 Å². The molecule has 0 aliphatic carbocycles. The SMILES string of the molecule is CCN1CCN(C(=O)C(C)N(C)Cc2ccc3c(c2)OCCO3)CC1. The number of piperazine rings is 1. The van der Waals surface area contributed by atoms with Crippen molar-refractivity contribution in [2.24, 2.45) is 0 Å². The molecule has 1 aromatic carbocycles. The van der Waals surface area contributed by atoms with Crippen LogP contribution < -0.4 is 9.47 Å². The van der Waals surface area contributed by atoms with Crippen LogP contribution in [0.1, 0.15) is 19.4 Å². The molecule has 2 aliphatic rings. The van der Waals surface area contributed by atoms with Gasteiger partial charge in [0, 0.05) is 32.7 Å². The lowest BCUT2D eigenvalue weighted by molar-refractivity contribution is -0.137. The van der Waals surface area contributed by atoms with Crippen LogP contribution >= 0.6 is 0 Å². The van der Waals surface area contributed by atoms with Gasteiger partial charge in [-0.05, 0) is 38.2 Å². The molecule has 0 saturated carbocycles. The molecule has 0 N–H and O–H groups in total. The van der Waals surface area contributed by atoms with Crippen molar-refractivity contribution < 1.29 is 14.3 Å². The van der Waals surface area contributed by atoms with E-state index in [4.69, 9.17) is 9.47 Å². The summed E-state index contributed by atoms with van der Waals surface area (Å²) < 4.78 is 11.2. The maximum atomic E-state index is 12.8. The second kappa shape index (κ2) is 8.06. The van der Waals surface area contributed by atoms with Crippen molar-refractivity contribution in [1.29, 1.82) is 0 Å².